The molecule has 2 aromatic carbocycles. The van der Waals surface area contributed by atoms with Gasteiger partial charge in [0.25, 0.3) is 0 Å². The van der Waals surface area contributed by atoms with E-state index in [4.69, 9.17) is 4.74 Å². The Kier molecular flexibility index (Phi) is 5.94. The van der Waals surface area contributed by atoms with Crippen molar-refractivity contribution in [2.45, 2.75) is 23.4 Å². The molecule has 2 atom stereocenters. The molecule has 2 unspecified atom stereocenters. The van der Waals surface area contributed by atoms with E-state index in [1.807, 2.05) is 0 Å². The summed E-state index contributed by atoms with van der Waals surface area (Å²) < 4.78 is 44.8. The second-order valence-corrected chi connectivity index (χ2v) is 8.10. The first kappa shape index (κ1) is 20.2. The number of anilines is 1. The molecule has 1 fully saturated rings. The van der Waals surface area contributed by atoms with Crippen LogP contribution in [-0.2, 0) is 14.8 Å². The molecule has 0 aliphatic carbocycles. The summed E-state index contributed by atoms with van der Waals surface area (Å²) in [6, 6.07) is 9.50. The number of amides is 1. The van der Waals surface area contributed by atoms with Crippen molar-refractivity contribution in [3.8, 4) is 5.75 Å². The third kappa shape index (κ3) is 4.30. The zero-order chi connectivity index (χ0) is 20.3. The molecule has 1 aliphatic rings. The number of halogens is 1. The van der Waals surface area contributed by atoms with Crippen molar-refractivity contribution in [2.24, 2.45) is 0 Å². The molecule has 1 heterocycles. The molecule has 0 spiro atoms. The summed E-state index contributed by atoms with van der Waals surface area (Å²) in [5, 5.41) is 2.71. The minimum Gasteiger partial charge on any atom is -0.495 e. The van der Waals surface area contributed by atoms with Gasteiger partial charge in [0.05, 0.1) is 7.11 Å². The number of rotatable bonds is 6. The van der Waals surface area contributed by atoms with E-state index in [0.29, 0.717) is 17.7 Å². The van der Waals surface area contributed by atoms with Gasteiger partial charge in [-0.05, 0) is 55.4 Å². The smallest absolute Gasteiger partial charge is 0.244 e. The lowest BCUT2D eigenvalue weighted by molar-refractivity contribution is -0.117. The van der Waals surface area contributed by atoms with E-state index in [1.54, 1.807) is 12.1 Å². The predicted molar refractivity (Wildman–Crippen MR) is 102 cm³/mol. The first-order valence-corrected chi connectivity index (χ1v) is 10.0. The quantitative estimate of drug-likeness (QED) is 0.574. The number of ether oxygens (including phenoxy) is 1. The van der Waals surface area contributed by atoms with Crippen LogP contribution in [0.5, 0.6) is 5.75 Å². The van der Waals surface area contributed by atoms with Gasteiger partial charge >= 0.3 is 0 Å². The predicted octanol–water partition coefficient (Wildman–Crippen LogP) is 1.29. The fourth-order valence-electron chi connectivity index (χ4n) is 2.94. The van der Waals surface area contributed by atoms with Crippen LogP contribution in [0.1, 0.15) is 18.0 Å². The molecule has 1 saturated heterocycles. The van der Waals surface area contributed by atoms with Crippen molar-refractivity contribution in [2.75, 3.05) is 19.5 Å². The summed E-state index contributed by atoms with van der Waals surface area (Å²) in [6.07, 6.45) is 0.401. The largest absolute Gasteiger partial charge is 0.495 e. The minimum atomic E-state index is -3.70. The van der Waals surface area contributed by atoms with Crippen LogP contribution in [0.4, 0.5) is 10.1 Å². The van der Waals surface area contributed by atoms with Crippen LogP contribution in [0.15, 0.2) is 47.4 Å². The van der Waals surface area contributed by atoms with Crippen molar-refractivity contribution in [3.05, 3.63) is 53.8 Å². The van der Waals surface area contributed by atoms with Gasteiger partial charge in [-0.2, -0.15) is 0 Å². The topological polar surface area (TPSA) is 109 Å². The van der Waals surface area contributed by atoms with Gasteiger partial charge in [-0.15, -0.1) is 0 Å². The van der Waals surface area contributed by atoms with Crippen molar-refractivity contribution in [1.82, 2.24) is 15.6 Å². The molecule has 0 radical (unpaired) electrons. The van der Waals surface area contributed by atoms with E-state index in [9.17, 15) is 17.6 Å². The zero-order valence-electron chi connectivity index (χ0n) is 15.3. The maximum atomic E-state index is 13.0. The molecule has 10 heteroatoms. The summed E-state index contributed by atoms with van der Waals surface area (Å²) in [7, 11) is -0.976. The molecule has 8 nitrogen and oxygen atoms in total. The van der Waals surface area contributed by atoms with Crippen LogP contribution >= 0.6 is 0 Å². The highest BCUT2D eigenvalue weighted by molar-refractivity contribution is 7.89. The highest BCUT2D eigenvalue weighted by Gasteiger charge is 2.31. The molecule has 4 N–H and O–H groups in total. The lowest BCUT2D eigenvalue weighted by atomic mass is 10.0. The van der Waals surface area contributed by atoms with E-state index in [-0.39, 0.29) is 28.4 Å². The van der Waals surface area contributed by atoms with Gasteiger partial charge in [0.15, 0.2) is 0 Å². The van der Waals surface area contributed by atoms with Crippen LogP contribution in [0, 0.1) is 5.82 Å². The first-order valence-electron chi connectivity index (χ1n) is 8.53. The molecule has 0 bridgehead atoms. The van der Waals surface area contributed by atoms with Gasteiger partial charge in [-0.25, -0.2) is 28.4 Å². The SMILES string of the molecule is CNS(=O)(=O)c1cc(C2CC(C(=O)Nc3ccc(F)cc3)NN2)ccc1OC. The minimum absolute atomic E-state index is 0.0241. The van der Waals surface area contributed by atoms with Gasteiger partial charge < -0.3 is 10.1 Å². The number of nitrogens with one attached hydrogen (secondary N) is 4. The third-order valence-electron chi connectivity index (χ3n) is 4.48. The van der Waals surface area contributed by atoms with Gasteiger partial charge in [0.2, 0.25) is 15.9 Å². The third-order valence-corrected chi connectivity index (χ3v) is 5.92. The lowest BCUT2D eigenvalue weighted by Gasteiger charge is -2.14. The van der Waals surface area contributed by atoms with Crippen molar-refractivity contribution in [3.63, 3.8) is 0 Å². The van der Waals surface area contributed by atoms with E-state index in [0.717, 1.165) is 0 Å². The highest BCUT2D eigenvalue weighted by Crippen LogP contribution is 2.30. The number of hydrazine groups is 1. The summed E-state index contributed by atoms with van der Waals surface area (Å²) in [6.45, 7) is 0. The fraction of sp³-hybridized carbons (Fsp3) is 0.278. The van der Waals surface area contributed by atoms with E-state index in [1.165, 1.54) is 44.5 Å². The maximum absolute atomic E-state index is 13.0. The van der Waals surface area contributed by atoms with Gasteiger partial charge in [0, 0.05) is 11.7 Å². The van der Waals surface area contributed by atoms with Crippen LogP contribution in [0.3, 0.4) is 0 Å². The number of benzene rings is 2. The second kappa shape index (κ2) is 8.23. The molecular weight excluding hydrogens is 387 g/mol. The Morgan fingerprint density at radius 3 is 2.54 bits per heavy atom. The fourth-order valence-corrected chi connectivity index (χ4v) is 3.87. The van der Waals surface area contributed by atoms with E-state index in [2.05, 4.69) is 20.9 Å². The molecule has 0 saturated carbocycles. The summed E-state index contributed by atoms with van der Waals surface area (Å²) >= 11 is 0. The Balaban J connectivity index is 1.73. The van der Waals surface area contributed by atoms with Gasteiger partial charge in [0.1, 0.15) is 22.5 Å². The molecule has 3 rings (SSSR count). The number of carbonyl (C=O) groups is 1. The lowest BCUT2D eigenvalue weighted by Crippen LogP contribution is -2.39. The summed E-state index contributed by atoms with van der Waals surface area (Å²) in [5.41, 5.74) is 7.09. The van der Waals surface area contributed by atoms with E-state index >= 15 is 0 Å². The number of carbonyl (C=O) groups excluding carboxylic acids is 1. The Morgan fingerprint density at radius 1 is 1.18 bits per heavy atom. The van der Waals surface area contributed by atoms with Crippen LogP contribution < -0.4 is 25.6 Å². The number of hydrogen-bond acceptors (Lipinski definition) is 6. The van der Waals surface area contributed by atoms with Crippen molar-refractivity contribution < 1.29 is 22.3 Å². The molecular formula is C18H21FN4O4S. The zero-order valence-corrected chi connectivity index (χ0v) is 16.1. The van der Waals surface area contributed by atoms with Crippen LogP contribution in [-0.4, -0.2) is 34.5 Å². The number of methoxy groups -OCH3 is 1. The summed E-state index contributed by atoms with van der Waals surface area (Å²) in [4.78, 5) is 12.4. The molecule has 28 heavy (non-hydrogen) atoms. The monoisotopic (exact) mass is 408 g/mol. The number of hydrogen-bond donors (Lipinski definition) is 4. The normalized spacial score (nSPS) is 19.4. The molecule has 0 aromatic heterocycles. The first-order chi connectivity index (χ1) is 13.3. The van der Waals surface area contributed by atoms with Crippen molar-refractivity contribution in [1.29, 1.82) is 0 Å². The average molecular weight is 408 g/mol. The highest BCUT2D eigenvalue weighted by atomic mass is 32.2. The Bertz CT molecular complexity index is 966. The Hall–Kier alpha value is -2.53. The maximum Gasteiger partial charge on any atom is 0.244 e. The van der Waals surface area contributed by atoms with Gasteiger partial charge in [-0.1, -0.05) is 6.07 Å². The molecule has 1 aliphatic heterocycles. The van der Waals surface area contributed by atoms with Crippen molar-refractivity contribution >= 4 is 21.6 Å². The second-order valence-electron chi connectivity index (χ2n) is 6.24. The Labute approximate surface area is 162 Å². The van der Waals surface area contributed by atoms with Crippen LogP contribution in [0.2, 0.25) is 0 Å². The molecule has 2 aromatic rings. The molecule has 1 amide bonds. The molecule has 150 valence electrons. The standard InChI is InChI=1S/C18H21FN4O4S/c1-20-28(25,26)17-9-11(3-8-16(17)27-2)14-10-15(23-22-14)18(24)21-13-6-4-12(19)5-7-13/h3-9,14-15,20,22-23H,10H2,1-2H3,(H,21,24). The Morgan fingerprint density at radius 2 is 1.89 bits per heavy atom. The summed E-state index contributed by atoms with van der Waals surface area (Å²) in [5.74, 6) is -0.432. The van der Waals surface area contributed by atoms with Gasteiger partial charge in [-0.3, -0.25) is 4.79 Å². The number of sulfonamides is 1. The average Bonchev–Trinajstić information content (AvgIpc) is 3.19. The van der Waals surface area contributed by atoms with E-state index < -0.39 is 16.1 Å². The van der Waals surface area contributed by atoms with Crippen LogP contribution in [0.25, 0.3) is 0 Å².